The van der Waals surface area contributed by atoms with Crippen LogP contribution in [0.15, 0.2) is 30.5 Å². The van der Waals surface area contributed by atoms with Crippen LogP contribution >= 0.6 is 11.6 Å². The molecule has 1 amide bonds. The molecule has 1 aromatic carbocycles. The second kappa shape index (κ2) is 7.29. The van der Waals surface area contributed by atoms with E-state index in [9.17, 15) is 4.79 Å². The molecule has 2 rings (SSSR count). The highest BCUT2D eigenvalue weighted by molar-refractivity contribution is 6.33. The molecule has 7 heteroatoms. The Labute approximate surface area is 134 Å². The molecule has 0 saturated heterocycles. The van der Waals surface area contributed by atoms with E-state index in [1.807, 2.05) is 29.7 Å². The first-order chi connectivity index (χ1) is 10.5. The molecule has 0 radical (unpaired) electrons. The predicted octanol–water partition coefficient (Wildman–Crippen LogP) is 2.69. The molecule has 1 atom stereocenters. The van der Waals surface area contributed by atoms with Crippen molar-refractivity contribution in [3.05, 3.63) is 46.7 Å². The van der Waals surface area contributed by atoms with Gasteiger partial charge in [0.1, 0.15) is 5.75 Å². The molecule has 3 N–H and O–H groups in total. The fraction of sp³-hybridized carbons (Fsp3) is 0.333. The summed E-state index contributed by atoms with van der Waals surface area (Å²) in [6, 6.07) is 7.93. The van der Waals surface area contributed by atoms with Gasteiger partial charge in [0.05, 0.1) is 5.02 Å². The predicted molar refractivity (Wildman–Crippen MR) is 84.7 cm³/mol. The lowest BCUT2D eigenvalue weighted by molar-refractivity contribution is 0.0946. The number of aromatic nitrogens is 2. The van der Waals surface area contributed by atoms with Crippen molar-refractivity contribution in [3.8, 4) is 5.75 Å². The lowest BCUT2D eigenvalue weighted by Gasteiger charge is -2.10. The minimum absolute atomic E-state index is 0.0693. The quantitative estimate of drug-likeness (QED) is 0.486. The van der Waals surface area contributed by atoms with Crippen molar-refractivity contribution >= 4 is 17.5 Å². The molecule has 0 spiro atoms. The summed E-state index contributed by atoms with van der Waals surface area (Å²) >= 11 is 5.92. The summed E-state index contributed by atoms with van der Waals surface area (Å²) in [6.45, 7) is 4.50. The second-order valence-corrected chi connectivity index (χ2v) is 5.40. The number of nitrogens with two attached hydrogens (primary N) is 1. The molecule has 0 bridgehead atoms. The Morgan fingerprint density at radius 3 is 2.73 bits per heavy atom. The van der Waals surface area contributed by atoms with Gasteiger partial charge in [0.15, 0.2) is 12.4 Å². The number of hydrogen-bond acceptors (Lipinski definition) is 4. The second-order valence-electron chi connectivity index (χ2n) is 4.99. The van der Waals surface area contributed by atoms with E-state index in [0.717, 1.165) is 12.2 Å². The summed E-state index contributed by atoms with van der Waals surface area (Å²) < 4.78 is 7.06. The summed E-state index contributed by atoms with van der Waals surface area (Å²) in [5.41, 5.74) is 3.34. The smallest absolute Gasteiger partial charge is 0.287 e. The van der Waals surface area contributed by atoms with E-state index >= 15 is 0 Å². The van der Waals surface area contributed by atoms with Crippen LogP contribution < -0.4 is 16.0 Å². The highest BCUT2D eigenvalue weighted by Crippen LogP contribution is 2.22. The molecule has 0 fully saturated rings. The maximum Gasteiger partial charge on any atom is 0.287 e. The number of rotatable bonds is 6. The van der Waals surface area contributed by atoms with Gasteiger partial charge in [0.2, 0.25) is 0 Å². The molecular formula is C15H19ClN4O2. The van der Waals surface area contributed by atoms with Crippen molar-refractivity contribution < 1.29 is 9.53 Å². The summed E-state index contributed by atoms with van der Waals surface area (Å²) in [7, 11) is 0. The monoisotopic (exact) mass is 322 g/mol. The first kappa shape index (κ1) is 16.3. The van der Waals surface area contributed by atoms with Crippen LogP contribution in [0.5, 0.6) is 5.75 Å². The number of carbonyl (C=O) groups is 1. The third-order valence-corrected chi connectivity index (χ3v) is 3.76. The number of nitrogen functional groups attached to an aromatic ring is 1. The van der Waals surface area contributed by atoms with E-state index in [-0.39, 0.29) is 17.4 Å². The molecular weight excluding hydrogens is 304 g/mol. The number of hydrazine groups is 1. The van der Waals surface area contributed by atoms with Gasteiger partial charge in [-0.3, -0.25) is 10.2 Å². The van der Waals surface area contributed by atoms with E-state index < -0.39 is 5.91 Å². The van der Waals surface area contributed by atoms with Crippen molar-refractivity contribution in [3.63, 3.8) is 0 Å². The van der Waals surface area contributed by atoms with Crippen molar-refractivity contribution in [1.29, 1.82) is 0 Å². The summed E-state index contributed by atoms with van der Waals surface area (Å²) in [5, 5.41) is 4.24. The van der Waals surface area contributed by atoms with Crippen molar-refractivity contribution in [2.45, 2.75) is 32.9 Å². The molecule has 0 saturated carbocycles. The molecule has 0 aliphatic heterocycles. The molecule has 0 aliphatic rings. The van der Waals surface area contributed by atoms with Crippen LogP contribution in [0.2, 0.25) is 5.02 Å². The summed E-state index contributed by atoms with van der Waals surface area (Å²) in [4.78, 5) is 11.4. The third-order valence-electron chi connectivity index (χ3n) is 3.49. The van der Waals surface area contributed by atoms with E-state index in [2.05, 4.69) is 18.9 Å². The largest absolute Gasteiger partial charge is 0.471 e. The van der Waals surface area contributed by atoms with Gasteiger partial charge in [0, 0.05) is 6.20 Å². The summed E-state index contributed by atoms with van der Waals surface area (Å²) in [6.07, 6.45) is 2.61. The Balaban J connectivity index is 2.00. The number of benzene rings is 1. The maximum absolute atomic E-state index is 11.4. The zero-order valence-corrected chi connectivity index (χ0v) is 13.3. The van der Waals surface area contributed by atoms with Gasteiger partial charge in [-0.25, -0.2) is 10.5 Å². The topological polar surface area (TPSA) is 82.2 Å². The number of nitrogens with zero attached hydrogens (tertiary/aromatic N) is 2. The number of halogens is 1. The van der Waals surface area contributed by atoms with Gasteiger partial charge in [-0.15, -0.1) is 0 Å². The van der Waals surface area contributed by atoms with Crippen LogP contribution in [0, 0.1) is 0 Å². The zero-order chi connectivity index (χ0) is 16.1. The Morgan fingerprint density at radius 1 is 1.45 bits per heavy atom. The third kappa shape index (κ3) is 3.78. The lowest BCUT2D eigenvalue weighted by Crippen LogP contribution is -2.30. The molecule has 1 heterocycles. The van der Waals surface area contributed by atoms with Gasteiger partial charge >= 0.3 is 0 Å². The Hall–Kier alpha value is -2.05. The fourth-order valence-electron chi connectivity index (χ4n) is 1.95. The number of carbonyl (C=O) groups excluding carboxylic acids is 1. The number of ether oxygens (including phenoxy) is 1. The van der Waals surface area contributed by atoms with Crippen molar-refractivity contribution in [2.24, 2.45) is 5.84 Å². The van der Waals surface area contributed by atoms with Crippen LogP contribution in [0.1, 0.15) is 42.2 Å². The SMILES string of the molecule is CCC(C)c1ccc(OCn2cc(Cl)c(C(=O)NN)n2)cc1. The van der Waals surface area contributed by atoms with Crippen LogP contribution in [0.25, 0.3) is 0 Å². The van der Waals surface area contributed by atoms with Gasteiger partial charge in [-0.1, -0.05) is 37.6 Å². The minimum Gasteiger partial charge on any atom is -0.471 e. The highest BCUT2D eigenvalue weighted by atomic mass is 35.5. The first-order valence-corrected chi connectivity index (χ1v) is 7.39. The normalized spacial score (nSPS) is 12.0. The Kier molecular flexibility index (Phi) is 5.41. The van der Waals surface area contributed by atoms with Crippen molar-refractivity contribution in [1.82, 2.24) is 15.2 Å². The first-order valence-electron chi connectivity index (χ1n) is 7.01. The molecule has 22 heavy (non-hydrogen) atoms. The molecule has 0 aliphatic carbocycles. The average Bonchev–Trinajstić information content (AvgIpc) is 2.92. The van der Waals surface area contributed by atoms with Gasteiger partial charge in [0.25, 0.3) is 5.91 Å². The van der Waals surface area contributed by atoms with E-state index in [4.69, 9.17) is 22.2 Å². The van der Waals surface area contributed by atoms with Gasteiger partial charge in [-0.05, 0) is 30.0 Å². The fourth-order valence-corrected chi connectivity index (χ4v) is 2.19. The Morgan fingerprint density at radius 2 is 2.14 bits per heavy atom. The standard InChI is InChI=1S/C15H19ClN4O2/c1-3-10(2)11-4-6-12(7-5-11)22-9-20-8-13(16)14(19-20)15(21)18-17/h4-8,10H,3,9,17H2,1-2H3,(H,18,21). The van der Waals surface area contributed by atoms with Crippen molar-refractivity contribution in [2.75, 3.05) is 0 Å². The van der Waals surface area contributed by atoms with E-state index in [1.165, 1.54) is 16.4 Å². The van der Waals surface area contributed by atoms with E-state index in [0.29, 0.717) is 5.92 Å². The Bertz CT molecular complexity index is 639. The minimum atomic E-state index is -0.540. The van der Waals surface area contributed by atoms with Crippen LogP contribution in [-0.2, 0) is 6.73 Å². The average molecular weight is 323 g/mol. The number of amides is 1. The lowest BCUT2D eigenvalue weighted by atomic mass is 9.99. The zero-order valence-electron chi connectivity index (χ0n) is 12.5. The summed E-state index contributed by atoms with van der Waals surface area (Å²) in [5.74, 6) is 5.77. The maximum atomic E-state index is 11.4. The number of nitrogens with one attached hydrogen (secondary N) is 1. The molecule has 1 unspecified atom stereocenters. The molecule has 118 valence electrons. The van der Waals surface area contributed by atoms with Crippen LogP contribution in [0.4, 0.5) is 0 Å². The highest BCUT2D eigenvalue weighted by Gasteiger charge is 2.14. The van der Waals surface area contributed by atoms with E-state index in [1.54, 1.807) is 0 Å². The molecule has 1 aromatic heterocycles. The van der Waals surface area contributed by atoms with Crippen LogP contribution in [-0.4, -0.2) is 15.7 Å². The van der Waals surface area contributed by atoms with Gasteiger partial charge in [-0.2, -0.15) is 5.10 Å². The molecule has 2 aromatic rings. The number of hydrogen-bond donors (Lipinski definition) is 2. The van der Waals surface area contributed by atoms with Gasteiger partial charge < -0.3 is 4.74 Å². The molecule has 6 nitrogen and oxygen atoms in total. The van der Waals surface area contributed by atoms with Crippen LogP contribution in [0.3, 0.4) is 0 Å².